The zero-order valence-corrected chi connectivity index (χ0v) is 17.4. The van der Waals surface area contributed by atoms with Crippen molar-refractivity contribution in [3.8, 4) is 0 Å². The van der Waals surface area contributed by atoms with Crippen molar-refractivity contribution >= 4 is 0 Å². The number of unbranched alkanes of at least 4 members (excludes halogenated alkanes) is 5. The molecule has 2 aliphatic rings. The largest absolute Gasteiger partial charge is 0.0654 e. The minimum atomic E-state index is 0.997. The number of hydrogen-bond donors (Lipinski definition) is 0. The Balaban J connectivity index is 1.88. The van der Waals surface area contributed by atoms with Crippen LogP contribution in [0.2, 0.25) is 0 Å². The lowest BCUT2D eigenvalue weighted by molar-refractivity contribution is 0.00394. The van der Waals surface area contributed by atoms with Crippen LogP contribution in [0.1, 0.15) is 118 Å². The minimum absolute atomic E-state index is 0.997. The summed E-state index contributed by atoms with van der Waals surface area (Å²) in [7, 11) is 0. The summed E-state index contributed by atoms with van der Waals surface area (Å²) in [6.45, 7) is 9.84. The van der Waals surface area contributed by atoms with Crippen molar-refractivity contribution in [2.45, 2.75) is 118 Å². The van der Waals surface area contributed by atoms with Crippen molar-refractivity contribution < 1.29 is 0 Å². The topological polar surface area (TPSA) is 0 Å². The molecule has 24 heavy (non-hydrogen) atoms. The van der Waals surface area contributed by atoms with E-state index in [2.05, 4.69) is 27.7 Å². The lowest BCUT2D eigenvalue weighted by Crippen LogP contribution is -2.41. The van der Waals surface area contributed by atoms with Crippen LogP contribution < -0.4 is 0 Å². The number of hydrogen-bond acceptors (Lipinski definition) is 0. The highest BCUT2D eigenvalue weighted by atomic mass is 14.5. The average Bonchev–Trinajstić information content (AvgIpc) is 2.57. The summed E-state index contributed by atoms with van der Waals surface area (Å²) >= 11 is 0. The normalized spacial score (nSPS) is 34.8. The Hall–Kier alpha value is 0. The van der Waals surface area contributed by atoms with Crippen molar-refractivity contribution in [2.24, 2.45) is 35.5 Å². The fourth-order valence-electron chi connectivity index (χ4n) is 6.35. The molecular weight excluding hydrogens is 288 g/mol. The van der Waals surface area contributed by atoms with Crippen molar-refractivity contribution in [1.82, 2.24) is 0 Å². The molecule has 0 spiro atoms. The first kappa shape index (κ1) is 20.3. The third kappa shape index (κ3) is 5.77. The second-order valence-electron chi connectivity index (χ2n) is 9.58. The van der Waals surface area contributed by atoms with E-state index in [1.54, 1.807) is 19.3 Å². The van der Waals surface area contributed by atoms with E-state index in [4.69, 9.17) is 0 Å². The van der Waals surface area contributed by atoms with Crippen LogP contribution in [0.25, 0.3) is 0 Å². The predicted octanol–water partition coefficient (Wildman–Crippen LogP) is 8.25. The molecule has 2 fully saturated rings. The van der Waals surface area contributed by atoms with Gasteiger partial charge < -0.3 is 0 Å². The van der Waals surface area contributed by atoms with Crippen LogP contribution in [0.5, 0.6) is 0 Å². The smallest absolute Gasteiger partial charge is 0.0329 e. The van der Waals surface area contributed by atoms with E-state index in [1.807, 2.05) is 0 Å². The Morgan fingerprint density at radius 1 is 0.750 bits per heavy atom. The fourth-order valence-corrected chi connectivity index (χ4v) is 6.35. The average molecular weight is 335 g/mol. The van der Waals surface area contributed by atoms with E-state index in [0.29, 0.717) is 0 Å². The Morgan fingerprint density at radius 3 is 2.25 bits per heavy atom. The summed E-state index contributed by atoms with van der Waals surface area (Å²) in [4.78, 5) is 0. The Kier molecular flexibility index (Phi) is 9.20. The van der Waals surface area contributed by atoms with Gasteiger partial charge in [0.25, 0.3) is 0 Å². The van der Waals surface area contributed by atoms with Crippen LogP contribution in [0.3, 0.4) is 0 Å². The highest BCUT2D eigenvalue weighted by Crippen LogP contribution is 2.51. The summed E-state index contributed by atoms with van der Waals surface area (Å²) < 4.78 is 0. The van der Waals surface area contributed by atoms with Crippen molar-refractivity contribution in [3.05, 3.63) is 0 Å². The summed E-state index contributed by atoms with van der Waals surface area (Å²) in [6, 6.07) is 0. The van der Waals surface area contributed by atoms with Crippen molar-refractivity contribution in [2.75, 3.05) is 0 Å². The SMILES string of the molecule is CCCCCCCCC(CCC)C1C(C)CCC2CC(C)CCC21. The second kappa shape index (κ2) is 10.9. The summed E-state index contributed by atoms with van der Waals surface area (Å²) in [6.07, 6.45) is 20.9. The number of fused-ring (bicyclic) bond motifs is 1. The molecule has 0 radical (unpaired) electrons. The van der Waals surface area contributed by atoms with E-state index >= 15 is 0 Å². The van der Waals surface area contributed by atoms with Gasteiger partial charge in [0.05, 0.1) is 0 Å². The monoisotopic (exact) mass is 334 g/mol. The van der Waals surface area contributed by atoms with E-state index < -0.39 is 0 Å². The molecule has 2 aliphatic carbocycles. The highest BCUT2D eigenvalue weighted by Gasteiger charge is 2.42. The molecule has 0 aromatic heterocycles. The molecule has 142 valence electrons. The van der Waals surface area contributed by atoms with Gasteiger partial charge in [0, 0.05) is 0 Å². The molecule has 6 unspecified atom stereocenters. The molecule has 0 saturated heterocycles. The molecule has 0 aromatic carbocycles. The predicted molar refractivity (Wildman–Crippen MR) is 108 cm³/mol. The van der Waals surface area contributed by atoms with Gasteiger partial charge in [0.15, 0.2) is 0 Å². The fraction of sp³-hybridized carbons (Fsp3) is 1.00. The first-order valence-electron chi connectivity index (χ1n) is 11.7. The minimum Gasteiger partial charge on any atom is -0.0654 e. The molecule has 2 saturated carbocycles. The Labute approximate surface area is 153 Å². The van der Waals surface area contributed by atoms with Gasteiger partial charge in [0.1, 0.15) is 0 Å². The second-order valence-corrected chi connectivity index (χ2v) is 9.58. The molecule has 0 aliphatic heterocycles. The Morgan fingerprint density at radius 2 is 1.50 bits per heavy atom. The van der Waals surface area contributed by atoms with Crippen LogP contribution in [0.4, 0.5) is 0 Å². The maximum absolute atomic E-state index is 2.60. The molecule has 0 heteroatoms. The molecule has 6 atom stereocenters. The lowest BCUT2D eigenvalue weighted by atomic mass is 9.56. The van der Waals surface area contributed by atoms with Gasteiger partial charge in [-0.25, -0.2) is 0 Å². The molecule has 0 aromatic rings. The molecule has 0 N–H and O–H groups in total. The van der Waals surface area contributed by atoms with Crippen LogP contribution in [-0.2, 0) is 0 Å². The zero-order chi connectivity index (χ0) is 17.4. The molecule has 2 rings (SSSR count). The molecule has 0 nitrogen and oxygen atoms in total. The summed E-state index contributed by atoms with van der Waals surface area (Å²) in [5.74, 6) is 6.27. The van der Waals surface area contributed by atoms with Gasteiger partial charge in [0.2, 0.25) is 0 Å². The first-order valence-corrected chi connectivity index (χ1v) is 11.7. The zero-order valence-electron chi connectivity index (χ0n) is 17.4. The van der Waals surface area contributed by atoms with E-state index in [-0.39, 0.29) is 0 Å². The van der Waals surface area contributed by atoms with Gasteiger partial charge in [-0.15, -0.1) is 0 Å². The van der Waals surface area contributed by atoms with Crippen molar-refractivity contribution in [3.63, 3.8) is 0 Å². The van der Waals surface area contributed by atoms with Gasteiger partial charge in [-0.1, -0.05) is 98.3 Å². The first-order chi connectivity index (χ1) is 11.7. The quantitative estimate of drug-likeness (QED) is 0.353. The van der Waals surface area contributed by atoms with Crippen molar-refractivity contribution in [1.29, 1.82) is 0 Å². The standard InChI is InChI=1S/C24H46/c1-5-7-8-9-10-11-13-21(12-6-2)24-20(4)15-16-22-18-19(3)14-17-23(22)24/h19-24H,5-18H2,1-4H3. The molecular formula is C24H46. The third-order valence-corrected chi connectivity index (χ3v) is 7.58. The summed E-state index contributed by atoms with van der Waals surface area (Å²) in [5.41, 5.74) is 0. The van der Waals surface area contributed by atoms with E-state index in [0.717, 1.165) is 35.5 Å². The molecule has 0 amide bonds. The van der Waals surface area contributed by atoms with Gasteiger partial charge >= 0.3 is 0 Å². The van der Waals surface area contributed by atoms with Gasteiger partial charge in [-0.2, -0.15) is 0 Å². The van der Waals surface area contributed by atoms with E-state index in [1.165, 1.54) is 70.6 Å². The molecule has 0 bridgehead atoms. The van der Waals surface area contributed by atoms with Crippen LogP contribution in [0.15, 0.2) is 0 Å². The van der Waals surface area contributed by atoms with Gasteiger partial charge in [-0.05, 0) is 54.8 Å². The van der Waals surface area contributed by atoms with Gasteiger partial charge in [-0.3, -0.25) is 0 Å². The number of rotatable bonds is 10. The lowest BCUT2D eigenvalue weighted by Gasteiger charge is -2.49. The highest BCUT2D eigenvalue weighted by molar-refractivity contribution is 4.92. The maximum atomic E-state index is 2.60. The molecule has 0 heterocycles. The van der Waals surface area contributed by atoms with E-state index in [9.17, 15) is 0 Å². The van der Waals surface area contributed by atoms with Crippen LogP contribution >= 0.6 is 0 Å². The van der Waals surface area contributed by atoms with Crippen LogP contribution in [-0.4, -0.2) is 0 Å². The van der Waals surface area contributed by atoms with Crippen LogP contribution in [0, 0.1) is 35.5 Å². The Bertz CT molecular complexity index is 320. The maximum Gasteiger partial charge on any atom is -0.0329 e. The third-order valence-electron chi connectivity index (χ3n) is 7.58. The summed E-state index contributed by atoms with van der Waals surface area (Å²) in [5, 5.41) is 0.